The molecule has 4 heterocycles. The summed E-state index contributed by atoms with van der Waals surface area (Å²) in [4.78, 5) is 10.2. The Morgan fingerprint density at radius 3 is 2.04 bits per heavy atom. The van der Waals surface area contributed by atoms with Crippen LogP contribution in [0.4, 0.5) is 0 Å². The summed E-state index contributed by atoms with van der Waals surface area (Å²) >= 11 is 0.0966. The van der Waals surface area contributed by atoms with Crippen LogP contribution in [0.2, 0.25) is 0 Å². The summed E-state index contributed by atoms with van der Waals surface area (Å²) in [5.74, 6) is 0.251. The van der Waals surface area contributed by atoms with E-state index in [1.807, 2.05) is 6.20 Å². The van der Waals surface area contributed by atoms with Crippen LogP contribution in [0.15, 0.2) is 170 Å². The summed E-state index contributed by atoms with van der Waals surface area (Å²) in [6.45, 7) is 0. The van der Waals surface area contributed by atoms with E-state index in [4.69, 9.17) is 9.97 Å². The molecule has 0 bridgehead atoms. The Kier molecular flexibility index (Phi) is 6.33. The standard InChI is InChI=1S/C47H29N3Se/c1-3-11-29(12-4-1)45-37-17-8-7-15-35(37)39-23-30(19-21-38(39)45)32-25-41-46-44(51-47(41)49-28-32)26-33(27-48-46)31-20-22-43-40(24-31)36-16-9-10-18-42(36)50(43)34-13-5-2-6-14-34/h1-28,45H. The van der Waals surface area contributed by atoms with Gasteiger partial charge in [0.05, 0.1) is 0 Å². The molecular weight excluding hydrogens is 685 g/mol. The van der Waals surface area contributed by atoms with Gasteiger partial charge in [0.1, 0.15) is 0 Å². The summed E-state index contributed by atoms with van der Waals surface area (Å²) in [6, 6.07) is 57.5. The summed E-state index contributed by atoms with van der Waals surface area (Å²) in [6.07, 6.45) is 4.10. The molecular formula is C47H29N3Se. The van der Waals surface area contributed by atoms with Crippen LogP contribution in [0.5, 0.6) is 0 Å². The maximum absolute atomic E-state index is 5.11. The molecule has 0 aliphatic heterocycles. The van der Waals surface area contributed by atoms with Crippen LogP contribution in [0.25, 0.3) is 80.4 Å². The van der Waals surface area contributed by atoms with Gasteiger partial charge in [0.25, 0.3) is 0 Å². The predicted octanol–water partition coefficient (Wildman–Crippen LogP) is 11.4. The van der Waals surface area contributed by atoms with Gasteiger partial charge in [-0.1, -0.05) is 6.07 Å². The molecule has 0 fully saturated rings. The molecule has 1 aliphatic rings. The first-order valence-corrected chi connectivity index (χ1v) is 19.1. The fraction of sp³-hybridized carbons (Fsp3) is 0.0213. The van der Waals surface area contributed by atoms with E-state index in [0.717, 1.165) is 21.0 Å². The number of hydrogen-bond acceptors (Lipinski definition) is 2. The molecule has 4 aromatic heterocycles. The second-order valence-corrected chi connectivity index (χ2v) is 15.6. The molecule has 11 rings (SSSR count). The number of nitrogens with zero attached hydrogens (tertiary/aromatic N) is 3. The summed E-state index contributed by atoms with van der Waals surface area (Å²) in [7, 11) is 0. The van der Waals surface area contributed by atoms with Crippen LogP contribution >= 0.6 is 0 Å². The summed E-state index contributed by atoms with van der Waals surface area (Å²) < 4.78 is 4.81. The van der Waals surface area contributed by atoms with E-state index in [-0.39, 0.29) is 20.4 Å². The Hall–Kier alpha value is -6.06. The van der Waals surface area contributed by atoms with Crippen molar-refractivity contribution >= 4 is 55.9 Å². The number of hydrogen-bond donors (Lipinski definition) is 0. The zero-order chi connectivity index (χ0) is 33.5. The van der Waals surface area contributed by atoms with Crippen molar-refractivity contribution in [2.24, 2.45) is 0 Å². The number of fused-ring (bicyclic) bond motifs is 9. The van der Waals surface area contributed by atoms with Crippen LogP contribution in [-0.2, 0) is 0 Å². The predicted molar refractivity (Wildman–Crippen MR) is 212 cm³/mol. The molecule has 1 unspecified atom stereocenters. The SMILES string of the molecule is c1ccc(C2c3ccccc3-c3cc(-c4cnc5[se]c6cc(-c7ccc8c(c7)c7ccccc7n8-c7ccccc7)cnc6c5c4)ccc32)cc1. The van der Waals surface area contributed by atoms with Gasteiger partial charge in [0.2, 0.25) is 0 Å². The average Bonchev–Trinajstić information content (AvgIpc) is 3.85. The van der Waals surface area contributed by atoms with Crippen LogP contribution in [0.1, 0.15) is 22.6 Å². The van der Waals surface area contributed by atoms with Crippen molar-refractivity contribution < 1.29 is 0 Å². The molecule has 0 radical (unpaired) electrons. The monoisotopic (exact) mass is 715 g/mol. The molecule has 0 saturated heterocycles. The van der Waals surface area contributed by atoms with E-state index in [1.165, 1.54) is 76.1 Å². The first-order valence-electron chi connectivity index (χ1n) is 17.3. The van der Waals surface area contributed by atoms with Gasteiger partial charge in [0.15, 0.2) is 0 Å². The van der Waals surface area contributed by atoms with E-state index in [0.29, 0.717) is 0 Å². The third-order valence-corrected chi connectivity index (χ3v) is 12.8. The Morgan fingerprint density at radius 2 is 1.14 bits per heavy atom. The van der Waals surface area contributed by atoms with E-state index in [1.54, 1.807) is 0 Å². The van der Waals surface area contributed by atoms with Gasteiger partial charge < -0.3 is 0 Å². The van der Waals surface area contributed by atoms with Crippen molar-refractivity contribution in [1.29, 1.82) is 0 Å². The fourth-order valence-corrected chi connectivity index (χ4v) is 10.4. The van der Waals surface area contributed by atoms with E-state index >= 15 is 0 Å². The second-order valence-electron chi connectivity index (χ2n) is 13.4. The molecule has 3 nitrogen and oxygen atoms in total. The van der Waals surface area contributed by atoms with Crippen LogP contribution in [0.3, 0.4) is 0 Å². The molecule has 51 heavy (non-hydrogen) atoms. The summed E-state index contributed by atoms with van der Waals surface area (Å²) in [5.41, 5.74) is 16.0. The van der Waals surface area contributed by atoms with E-state index in [2.05, 4.69) is 168 Å². The van der Waals surface area contributed by atoms with Gasteiger partial charge >= 0.3 is 296 Å². The number of benzene rings is 6. The van der Waals surface area contributed by atoms with Gasteiger partial charge in [-0.05, 0) is 0 Å². The van der Waals surface area contributed by atoms with Gasteiger partial charge in [-0.2, -0.15) is 0 Å². The molecule has 1 aliphatic carbocycles. The molecule has 6 aromatic carbocycles. The molecule has 238 valence electrons. The third-order valence-electron chi connectivity index (χ3n) is 10.6. The molecule has 0 N–H and O–H groups in total. The molecule has 4 heteroatoms. The molecule has 0 spiro atoms. The van der Waals surface area contributed by atoms with Crippen molar-refractivity contribution in [3.63, 3.8) is 0 Å². The Balaban J connectivity index is 0.990. The van der Waals surface area contributed by atoms with Crippen molar-refractivity contribution in [2.45, 2.75) is 5.92 Å². The fourth-order valence-electron chi connectivity index (χ4n) is 8.24. The number of pyridine rings is 2. The zero-order valence-corrected chi connectivity index (χ0v) is 29.2. The molecule has 1 atom stereocenters. The van der Waals surface area contributed by atoms with Gasteiger partial charge in [0, 0.05) is 0 Å². The molecule has 0 amide bonds. The van der Waals surface area contributed by atoms with Crippen molar-refractivity contribution in [1.82, 2.24) is 14.5 Å². The first kappa shape index (κ1) is 28.7. The Bertz CT molecular complexity index is 2970. The third kappa shape index (κ3) is 4.44. The number of aromatic nitrogens is 3. The number of rotatable bonds is 4. The van der Waals surface area contributed by atoms with E-state index < -0.39 is 0 Å². The second kappa shape index (κ2) is 11.2. The topological polar surface area (TPSA) is 30.7 Å². The zero-order valence-electron chi connectivity index (χ0n) is 27.5. The van der Waals surface area contributed by atoms with Crippen LogP contribution < -0.4 is 0 Å². The van der Waals surface area contributed by atoms with Crippen molar-refractivity contribution in [3.05, 3.63) is 187 Å². The average molecular weight is 715 g/mol. The maximum atomic E-state index is 5.11. The number of para-hydroxylation sites is 2. The van der Waals surface area contributed by atoms with Crippen molar-refractivity contribution in [2.75, 3.05) is 0 Å². The quantitative estimate of drug-likeness (QED) is 0.170. The first-order chi connectivity index (χ1) is 25.3. The van der Waals surface area contributed by atoms with E-state index in [9.17, 15) is 0 Å². The molecule has 10 aromatic rings. The Labute approximate surface area is 300 Å². The minimum absolute atomic E-state index is 0.0966. The Morgan fingerprint density at radius 1 is 0.471 bits per heavy atom. The van der Waals surface area contributed by atoms with Gasteiger partial charge in [-0.3, -0.25) is 0 Å². The van der Waals surface area contributed by atoms with Gasteiger partial charge in [-0.25, -0.2) is 0 Å². The summed E-state index contributed by atoms with van der Waals surface area (Å²) in [5, 5.41) is 3.67. The van der Waals surface area contributed by atoms with Gasteiger partial charge in [-0.15, -0.1) is 0 Å². The van der Waals surface area contributed by atoms with Crippen LogP contribution in [0, 0.1) is 0 Å². The normalized spacial score (nSPS) is 13.7. The van der Waals surface area contributed by atoms with Crippen molar-refractivity contribution in [3.8, 4) is 39.1 Å². The van der Waals surface area contributed by atoms with Crippen LogP contribution in [-0.4, -0.2) is 29.0 Å². The molecule has 0 saturated carbocycles. The minimum atomic E-state index is 0.0966.